The first kappa shape index (κ1) is 16.1. The lowest BCUT2D eigenvalue weighted by atomic mass is 9.93. The van der Waals surface area contributed by atoms with E-state index in [1.807, 2.05) is 20.8 Å². The van der Waals surface area contributed by atoms with Crippen LogP contribution in [0.5, 0.6) is 0 Å². The van der Waals surface area contributed by atoms with Gasteiger partial charge in [0.2, 0.25) is 0 Å². The second-order valence-electron chi connectivity index (χ2n) is 5.32. The lowest BCUT2D eigenvalue weighted by molar-refractivity contribution is -0.386. The summed E-state index contributed by atoms with van der Waals surface area (Å²) in [6.07, 6.45) is 1.09. The molecule has 0 saturated carbocycles. The summed E-state index contributed by atoms with van der Waals surface area (Å²) in [7, 11) is 0. The highest BCUT2D eigenvalue weighted by atomic mass is 16.6. The van der Waals surface area contributed by atoms with Gasteiger partial charge >= 0.3 is 11.7 Å². The van der Waals surface area contributed by atoms with E-state index in [0.29, 0.717) is 13.0 Å². The summed E-state index contributed by atoms with van der Waals surface area (Å²) in [5, 5.41) is 24.8. The highest BCUT2D eigenvalue weighted by Gasteiger charge is 2.35. The Kier molecular flexibility index (Phi) is 5.24. The minimum Gasteiger partial charge on any atom is -0.481 e. The molecule has 0 spiro atoms. The number of hydrogen-bond acceptors (Lipinski definition) is 4. The number of carboxylic acid groups (broad SMARTS) is 1. The third-order valence-electron chi connectivity index (χ3n) is 3.09. The topological polar surface area (TPSA) is 98.3 Å². The fourth-order valence-electron chi connectivity index (χ4n) is 2.34. The Morgan fingerprint density at radius 1 is 1.50 bits per heavy atom. The molecule has 0 aliphatic carbocycles. The first-order valence-electron chi connectivity index (χ1n) is 6.74. The summed E-state index contributed by atoms with van der Waals surface area (Å²) in [4.78, 5) is 22.2. The van der Waals surface area contributed by atoms with Crippen molar-refractivity contribution in [3.05, 3.63) is 21.5 Å². The van der Waals surface area contributed by atoms with Crippen molar-refractivity contribution >= 4 is 11.7 Å². The van der Waals surface area contributed by atoms with Crippen LogP contribution in [0.15, 0.2) is 0 Å². The Balaban J connectivity index is 3.43. The van der Waals surface area contributed by atoms with Crippen molar-refractivity contribution < 1.29 is 14.8 Å². The van der Waals surface area contributed by atoms with E-state index in [-0.39, 0.29) is 23.0 Å². The number of nitro groups is 1. The first-order valence-corrected chi connectivity index (χ1v) is 6.74. The average molecular weight is 283 g/mol. The Morgan fingerprint density at radius 3 is 2.50 bits per heavy atom. The second-order valence-corrected chi connectivity index (χ2v) is 5.32. The SMILES string of the molecule is CCCn1nc(C)c([N+](=O)[O-])c1C(CC(C)C)C(=O)O. The van der Waals surface area contributed by atoms with Gasteiger partial charge in [0.15, 0.2) is 0 Å². The maximum Gasteiger partial charge on any atom is 0.313 e. The molecule has 1 aromatic rings. The van der Waals surface area contributed by atoms with Gasteiger partial charge in [-0.2, -0.15) is 5.10 Å². The van der Waals surface area contributed by atoms with E-state index in [0.717, 1.165) is 6.42 Å². The zero-order valence-electron chi connectivity index (χ0n) is 12.3. The molecule has 1 rings (SSSR count). The second kappa shape index (κ2) is 6.49. The van der Waals surface area contributed by atoms with E-state index in [1.165, 1.54) is 4.68 Å². The number of carbonyl (C=O) groups is 1. The van der Waals surface area contributed by atoms with Crippen molar-refractivity contribution in [2.45, 2.75) is 53.0 Å². The molecular weight excluding hydrogens is 262 g/mol. The summed E-state index contributed by atoms with van der Waals surface area (Å²) >= 11 is 0. The van der Waals surface area contributed by atoms with Crippen LogP contribution in [0.4, 0.5) is 5.69 Å². The average Bonchev–Trinajstić information content (AvgIpc) is 2.62. The van der Waals surface area contributed by atoms with Crippen LogP contribution in [0.1, 0.15) is 50.9 Å². The van der Waals surface area contributed by atoms with E-state index in [2.05, 4.69) is 5.10 Å². The first-order chi connectivity index (χ1) is 9.29. The smallest absolute Gasteiger partial charge is 0.313 e. The van der Waals surface area contributed by atoms with Gasteiger partial charge in [0, 0.05) is 6.54 Å². The van der Waals surface area contributed by atoms with Crippen LogP contribution in [0, 0.1) is 23.0 Å². The standard InChI is InChI=1S/C13H21N3O4/c1-5-6-15-12(10(13(17)18)7-8(2)3)11(16(19)20)9(4)14-15/h8,10H,5-7H2,1-4H3,(H,17,18). The maximum absolute atomic E-state index is 11.5. The van der Waals surface area contributed by atoms with Crippen molar-refractivity contribution in [3.63, 3.8) is 0 Å². The minimum absolute atomic E-state index is 0.126. The summed E-state index contributed by atoms with van der Waals surface area (Å²) in [6.45, 7) is 7.74. The molecule has 1 atom stereocenters. The quantitative estimate of drug-likeness (QED) is 0.612. The van der Waals surface area contributed by atoms with Crippen LogP contribution in [0.3, 0.4) is 0 Å². The molecule has 20 heavy (non-hydrogen) atoms. The summed E-state index contributed by atoms with van der Waals surface area (Å²) in [5.41, 5.74) is 0.329. The molecule has 0 amide bonds. The largest absolute Gasteiger partial charge is 0.481 e. The van der Waals surface area contributed by atoms with Gasteiger partial charge in [-0.1, -0.05) is 20.8 Å². The fraction of sp³-hybridized carbons (Fsp3) is 0.692. The van der Waals surface area contributed by atoms with Gasteiger partial charge in [-0.25, -0.2) is 0 Å². The number of aromatic nitrogens is 2. The molecular formula is C13H21N3O4. The van der Waals surface area contributed by atoms with Crippen LogP contribution in [-0.4, -0.2) is 25.8 Å². The lowest BCUT2D eigenvalue weighted by Crippen LogP contribution is -2.20. The zero-order valence-corrected chi connectivity index (χ0v) is 12.3. The molecule has 0 fully saturated rings. The molecule has 0 aromatic carbocycles. The summed E-state index contributed by atoms with van der Waals surface area (Å²) in [6, 6.07) is 0. The molecule has 7 heteroatoms. The van der Waals surface area contributed by atoms with Gasteiger partial charge in [-0.05, 0) is 25.7 Å². The minimum atomic E-state index is -1.04. The van der Waals surface area contributed by atoms with E-state index in [4.69, 9.17) is 0 Å². The van der Waals surface area contributed by atoms with E-state index < -0.39 is 16.8 Å². The Labute approximate surface area is 117 Å². The molecule has 0 aliphatic rings. The predicted molar refractivity (Wildman–Crippen MR) is 73.7 cm³/mol. The molecule has 112 valence electrons. The molecule has 1 aromatic heterocycles. The molecule has 1 heterocycles. The normalized spacial score (nSPS) is 12.7. The third kappa shape index (κ3) is 3.34. The van der Waals surface area contributed by atoms with Crippen LogP contribution < -0.4 is 0 Å². The predicted octanol–water partition coefficient (Wildman–Crippen LogP) is 2.72. The van der Waals surface area contributed by atoms with Crippen molar-refractivity contribution in [1.29, 1.82) is 0 Å². The highest BCUT2D eigenvalue weighted by molar-refractivity contribution is 5.77. The summed E-state index contributed by atoms with van der Waals surface area (Å²) < 4.78 is 1.48. The molecule has 1 N–H and O–H groups in total. The molecule has 1 unspecified atom stereocenters. The van der Waals surface area contributed by atoms with Crippen LogP contribution >= 0.6 is 0 Å². The monoisotopic (exact) mass is 283 g/mol. The summed E-state index contributed by atoms with van der Waals surface area (Å²) in [5.74, 6) is -1.82. The Morgan fingerprint density at radius 2 is 2.10 bits per heavy atom. The van der Waals surface area contributed by atoms with Gasteiger partial charge in [0.25, 0.3) is 0 Å². The molecule has 0 radical (unpaired) electrons. The fourth-order valence-corrected chi connectivity index (χ4v) is 2.34. The zero-order chi connectivity index (χ0) is 15.4. The molecule has 0 saturated heterocycles. The van der Waals surface area contributed by atoms with Gasteiger partial charge < -0.3 is 5.11 Å². The van der Waals surface area contributed by atoms with Gasteiger partial charge in [-0.3, -0.25) is 19.6 Å². The van der Waals surface area contributed by atoms with Crippen LogP contribution in [0.25, 0.3) is 0 Å². The number of hydrogen-bond donors (Lipinski definition) is 1. The molecule has 7 nitrogen and oxygen atoms in total. The van der Waals surface area contributed by atoms with Crippen LogP contribution in [0.2, 0.25) is 0 Å². The van der Waals surface area contributed by atoms with Crippen molar-refractivity contribution in [3.8, 4) is 0 Å². The van der Waals surface area contributed by atoms with E-state index in [1.54, 1.807) is 6.92 Å². The van der Waals surface area contributed by atoms with Crippen molar-refractivity contribution in [2.75, 3.05) is 0 Å². The Hall–Kier alpha value is -1.92. The van der Waals surface area contributed by atoms with Crippen molar-refractivity contribution in [1.82, 2.24) is 9.78 Å². The van der Waals surface area contributed by atoms with Gasteiger partial charge in [0.05, 0.1) is 4.92 Å². The number of carboxylic acids is 1. The van der Waals surface area contributed by atoms with Crippen LogP contribution in [-0.2, 0) is 11.3 Å². The number of nitrogens with zero attached hydrogens (tertiary/aromatic N) is 3. The van der Waals surface area contributed by atoms with Gasteiger partial charge in [0.1, 0.15) is 17.3 Å². The lowest BCUT2D eigenvalue weighted by Gasteiger charge is -2.15. The van der Waals surface area contributed by atoms with E-state index >= 15 is 0 Å². The third-order valence-corrected chi connectivity index (χ3v) is 3.09. The maximum atomic E-state index is 11.5. The van der Waals surface area contributed by atoms with E-state index in [9.17, 15) is 20.0 Å². The number of aliphatic carboxylic acids is 1. The number of rotatable bonds is 7. The molecule has 0 aliphatic heterocycles. The van der Waals surface area contributed by atoms with Crippen molar-refractivity contribution in [2.24, 2.45) is 5.92 Å². The number of aryl methyl sites for hydroxylation is 2. The van der Waals surface area contributed by atoms with Gasteiger partial charge in [-0.15, -0.1) is 0 Å². The highest BCUT2D eigenvalue weighted by Crippen LogP contribution is 2.34. The Bertz CT molecular complexity index is 508. The molecule has 0 bridgehead atoms.